The monoisotopic (exact) mass is 302 g/mol. The van der Waals surface area contributed by atoms with Crippen LogP contribution in [0, 0.1) is 11.5 Å². The van der Waals surface area contributed by atoms with Crippen LogP contribution in [0.15, 0.2) is 29.3 Å². The summed E-state index contributed by atoms with van der Waals surface area (Å²) in [5, 5.41) is 12.1. The topological polar surface area (TPSA) is 60.7 Å². The van der Waals surface area contributed by atoms with Crippen LogP contribution in [0.4, 0.5) is 0 Å². The van der Waals surface area contributed by atoms with Crippen LogP contribution in [0.3, 0.4) is 0 Å². The van der Waals surface area contributed by atoms with E-state index >= 15 is 0 Å². The molecule has 0 atom stereocenters. The lowest BCUT2D eigenvalue weighted by Crippen LogP contribution is -2.38. The molecule has 0 saturated heterocycles. The van der Waals surface area contributed by atoms with Gasteiger partial charge in [0.1, 0.15) is 11.4 Å². The van der Waals surface area contributed by atoms with E-state index in [0.717, 1.165) is 23.6 Å². The lowest BCUT2D eigenvalue weighted by Gasteiger charge is -2.34. The van der Waals surface area contributed by atoms with Gasteiger partial charge in [0.05, 0.1) is 12.2 Å². The van der Waals surface area contributed by atoms with E-state index < -0.39 is 5.60 Å². The van der Waals surface area contributed by atoms with Gasteiger partial charge in [0.15, 0.2) is 6.19 Å². The fourth-order valence-corrected chi connectivity index (χ4v) is 2.75. The molecule has 0 fully saturated rings. The second-order valence-electron chi connectivity index (χ2n) is 5.47. The molecule has 1 N–H and O–H groups in total. The molecular weight excluding hydrogens is 288 g/mol. The summed E-state index contributed by atoms with van der Waals surface area (Å²) in [6.45, 7) is 5.36. The van der Waals surface area contributed by atoms with Gasteiger partial charge in [-0.05, 0) is 38.1 Å². The van der Waals surface area contributed by atoms with Gasteiger partial charge in [-0.25, -0.2) is 0 Å². The molecule has 0 unspecified atom stereocenters. The molecule has 108 valence electrons. The van der Waals surface area contributed by atoms with Gasteiger partial charge in [-0.3, -0.25) is 10.3 Å². The van der Waals surface area contributed by atoms with Crippen LogP contribution >= 0.6 is 11.6 Å². The molecule has 0 spiro atoms. The molecule has 1 aromatic carbocycles. The van der Waals surface area contributed by atoms with Crippen LogP contribution in [-0.2, 0) is 0 Å². The van der Waals surface area contributed by atoms with E-state index in [9.17, 15) is 0 Å². The molecule has 0 saturated carbocycles. The predicted molar refractivity (Wildman–Crippen MR) is 81.9 cm³/mol. The molecule has 5 nitrogen and oxygen atoms in total. The van der Waals surface area contributed by atoms with Crippen molar-refractivity contribution in [2.24, 2.45) is 4.99 Å². The molecule has 0 aliphatic carbocycles. The SMILES string of the molecule is CC1(C)C=C(N2CCN=C2NC#N)c2cc(Cl)ccc2O1. The molecular formula is C15H15ClN4O. The number of hydrogen-bond acceptors (Lipinski definition) is 5. The van der Waals surface area contributed by atoms with E-state index in [1.807, 2.05) is 49.2 Å². The Hall–Kier alpha value is -2.19. The summed E-state index contributed by atoms with van der Waals surface area (Å²) in [7, 11) is 0. The molecule has 0 bridgehead atoms. The molecule has 3 rings (SSSR count). The van der Waals surface area contributed by atoms with Crippen LogP contribution in [0.5, 0.6) is 5.75 Å². The minimum Gasteiger partial charge on any atom is -0.483 e. The highest BCUT2D eigenvalue weighted by Crippen LogP contribution is 2.39. The van der Waals surface area contributed by atoms with E-state index in [1.54, 1.807) is 0 Å². The maximum Gasteiger partial charge on any atom is 0.212 e. The Labute approximate surface area is 128 Å². The number of benzene rings is 1. The largest absolute Gasteiger partial charge is 0.483 e. The van der Waals surface area contributed by atoms with Gasteiger partial charge in [0, 0.05) is 17.1 Å². The molecule has 0 amide bonds. The van der Waals surface area contributed by atoms with Gasteiger partial charge in [0.25, 0.3) is 0 Å². The summed E-state index contributed by atoms with van der Waals surface area (Å²) >= 11 is 6.12. The van der Waals surface area contributed by atoms with Gasteiger partial charge in [-0.2, -0.15) is 5.26 Å². The van der Waals surface area contributed by atoms with Crippen molar-refractivity contribution in [1.29, 1.82) is 5.26 Å². The van der Waals surface area contributed by atoms with Crippen molar-refractivity contribution in [3.8, 4) is 11.9 Å². The van der Waals surface area contributed by atoms with E-state index in [2.05, 4.69) is 10.3 Å². The average molecular weight is 303 g/mol. The van der Waals surface area contributed by atoms with Crippen molar-refractivity contribution in [2.45, 2.75) is 19.4 Å². The third kappa shape index (κ3) is 2.55. The number of aliphatic imine (C=N–C) groups is 1. The molecule has 0 radical (unpaired) electrons. The van der Waals surface area contributed by atoms with E-state index in [0.29, 0.717) is 17.5 Å². The lowest BCUT2D eigenvalue weighted by molar-refractivity contribution is 0.156. The van der Waals surface area contributed by atoms with Gasteiger partial charge in [-0.15, -0.1) is 0 Å². The number of nitrogens with zero attached hydrogens (tertiary/aromatic N) is 3. The molecule has 0 aromatic heterocycles. The van der Waals surface area contributed by atoms with Gasteiger partial charge < -0.3 is 9.64 Å². The Morgan fingerprint density at radius 1 is 1.48 bits per heavy atom. The van der Waals surface area contributed by atoms with Crippen LogP contribution in [-0.4, -0.2) is 29.6 Å². The summed E-state index contributed by atoms with van der Waals surface area (Å²) in [5.74, 6) is 1.34. The second-order valence-corrected chi connectivity index (χ2v) is 5.91. The van der Waals surface area contributed by atoms with Crippen molar-refractivity contribution in [3.63, 3.8) is 0 Å². The van der Waals surface area contributed by atoms with E-state index in [1.165, 1.54) is 0 Å². The maximum atomic E-state index is 8.85. The molecule has 6 heteroatoms. The highest BCUT2D eigenvalue weighted by molar-refractivity contribution is 6.30. The molecule has 2 heterocycles. The highest BCUT2D eigenvalue weighted by Gasteiger charge is 2.32. The minimum atomic E-state index is -0.434. The number of fused-ring (bicyclic) bond motifs is 1. The average Bonchev–Trinajstić information content (AvgIpc) is 2.86. The number of ether oxygens (including phenoxy) is 1. The summed E-state index contributed by atoms with van der Waals surface area (Å²) in [4.78, 5) is 6.31. The fourth-order valence-electron chi connectivity index (χ4n) is 2.57. The smallest absolute Gasteiger partial charge is 0.212 e. The number of guanidine groups is 1. The summed E-state index contributed by atoms with van der Waals surface area (Å²) in [6.07, 6.45) is 3.96. The Kier molecular flexibility index (Phi) is 3.26. The predicted octanol–water partition coefficient (Wildman–Crippen LogP) is 2.59. The lowest BCUT2D eigenvalue weighted by atomic mass is 9.98. The maximum absolute atomic E-state index is 8.85. The minimum absolute atomic E-state index is 0.434. The third-order valence-electron chi connectivity index (χ3n) is 3.37. The van der Waals surface area contributed by atoms with E-state index in [-0.39, 0.29) is 0 Å². The Morgan fingerprint density at radius 3 is 3.05 bits per heavy atom. The number of nitriles is 1. The van der Waals surface area contributed by atoms with Crippen molar-refractivity contribution < 1.29 is 4.74 Å². The highest BCUT2D eigenvalue weighted by atomic mass is 35.5. The quantitative estimate of drug-likeness (QED) is 0.640. The molecule has 21 heavy (non-hydrogen) atoms. The van der Waals surface area contributed by atoms with E-state index in [4.69, 9.17) is 21.6 Å². The van der Waals surface area contributed by atoms with Crippen LogP contribution < -0.4 is 10.1 Å². The number of nitrogens with one attached hydrogen (secondary N) is 1. The van der Waals surface area contributed by atoms with Crippen molar-refractivity contribution in [3.05, 3.63) is 34.9 Å². The Balaban J connectivity index is 2.08. The zero-order chi connectivity index (χ0) is 15.0. The molecule has 1 aromatic rings. The Morgan fingerprint density at radius 2 is 2.29 bits per heavy atom. The number of halogens is 1. The zero-order valence-corrected chi connectivity index (χ0v) is 12.6. The van der Waals surface area contributed by atoms with Crippen molar-refractivity contribution >= 4 is 23.3 Å². The molecule has 2 aliphatic rings. The van der Waals surface area contributed by atoms with Crippen molar-refractivity contribution in [1.82, 2.24) is 10.2 Å². The standard InChI is InChI=1S/C15H15ClN4O/c1-15(2)8-12(20-6-5-18-14(20)19-9-17)11-7-10(16)3-4-13(11)21-15/h3-4,7-8H,5-6H2,1-2H3,(H,18,19). The number of rotatable bonds is 1. The normalized spacial score (nSPS) is 19.0. The first-order chi connectivity index (χ1) is 10.00. The first-order valence-electron chi connectivity index (χ1n) is 6.69. The zero-order valence-electron chi connectivity index (χ0n) is 11.9. The number of hydrogen-bond donors (Lipinski definition) is 1. The Bertz CT molecular complexity index is 687. The van der Waals surface area contributed by atoms with Gasteiger partial charge in [-0.1, -0.05) is 11.6 Å². The van der Waals surface area contributed by atoms with Gasteiger partial charge >= 0.3 is 0 Å². The first-order valence-corrected chi connectivity index (χ1v) is 7.07. The third-order valence-corrected chi connectivity index (χ3v) is 3.61. The van der Waals surface area contributed by atoms with Crippen LogP contribution in [0.2, 0.25) is 5.02 Å². The first kappa shape index (κ1) is 13.8. The van der Waals surface area contributed by atoms with Crippen LogP contribution in [0.1, 0.15) is 19.4 Å². The fraction of sp³-hybridized carbons (Fsp3) is 0.333. The van der Waals surface area contributed by atoms with Gasteiger partial charge in [0.2, 0.25) is 5.96 Å². The van der Waals surface area contributed by atoms with Crippen molar-refractivity contribution in [2.75, 3.05) is 13.1 Å². The molecule has 2 aliphatic heterocycles. The van der Waals surface area contributed by atoms with Crippen LogP contribution in [0.25, 0.3) is 5.70 Å². The summed E-state index contributed by atoms with van der Waals surface area (Å²) in [5.41, 5.74) is 1.44. The summed E-state index contributed by atoms with van der Waals surface area (Å²) in [6, 6.07) is 5.56. The summed E-state index contributed by atoms with van der Waals surface area (Å²) < 4.78 is 5.97. The second kappa shape index (κ2) is 4.97.